The zero-order valence-electron chi connectivity index (χ0n) is 12.7. The van der Waals surface area contributed by atoms with E-state index >= 15 is 0 Å². The van der Waals surface area contributed by atoms with Gasteiger partial charge < -0.3 is 4.42 Å². The Balaban J connectivity index is 1.43. The lowest BCUT2D eigenvalue weighted by molar-refractivity contribution is 0.320. The Morgan fingerprint density at radius 2 is 2.04 bits per heavy atom. The fourth-order valence-electron chi connectivity index (χ4n) is 2.93. The lowest BCUT2D eigenvalue weighted by Crippen LogP contribution is -2.19. The van der Waals surface area contributed by atoms with E-state index < -0.39 is 0 Å². The van der Waals surface area contributed by atoms with Crippen molar-refractivity contribution in [3.8, 4) is 11.6 Å². The molecular formula is C17H17N5O. The van der Waals surface area contributed by atoms with Crippen LogP contribution in [-0.4, -0.2) is 38.2 Å². The summed E-state index contributed by atoms with van der Waals surface area (Å²) in [6, 6.07) is 10.5. The second kappa shape index (κ2) is 6.26. The Morgan fingerprint density at radius 3 is 2.87 bits per heavy atom. The summed E-state index contributed by atoms with van der Waals surface area (Å²) in [4.78, 5) is 10.6. The molecule has 2 aromatic heterocycles. The van der Waals surface area contributed by atoms with Crippen LogP contribution in [0.25, 0.3) is 11.6 Å². The van der Waals surface area contributed by atoms with Gasteiger partial charge in [0.05, 0.1) is 12.1 Å². The summed E-state index contributed by atoms with van der Waals surface area (Å²) >= 11 is 0. The largest absolute Gasteiger partial charge is 0.419 e. The van der Waals surface area contributed by atoms with Gasteiger partial charge in [-0.15, -0.1) is 10.2 Å². The van der Waals surface area contributed by atoms with Gasteiger partial charge in [0.25, 0.3) is 5.89 Å². The van der Waals surface area contributed by atoms with E-state index in [4.69, 9.17) is 4.42 Å². The van der Waals surface area contributed by atoms with Crippen LogP contribution in [0.15, 0.2) is 53.3 Å². The minimum Gasteiger partial charge on any atom is -0.419 e. The van der Waals surface area contributed by atoms with Crippen LogP contribution in [-0.2, 0) is 6.54 Å². The van der Waals surface area contributed by atoms with E-state index in [9.17, 15) is 0 Å². The van der Waals surface area contributed by atoms with Gasteiger partial charge in [-0.05, 0) is 18.5 Å². The Bertz CT molecular complexity index is 759. The summed E-state index contributed by atoms with van der Waals surface area (Å²) in [7, 11) is 0. The molecule has 1 saturated heterocycles. The number of rotatable bonds is 4. The molecule has 1 aliphatic rings. The summed E-state index contributed by atoms with van der Waals surface area (Å²) in [5, 5.41) is 8.31. The molecule has 0 aliphatic carbocycles. The quantitative estimate of drug-likeness (QED) is 0.738. The Morgan fingerprint density at radius 1 is 1.13 bits per heavy atom. The molecule has 3 aromatic rings. The third-order valence-corrected chi connectivity index (χ3v) is 4.09. The van der Waals surface area contributed by atoms with Crippen molar-refractivity contribution in [3.63, 3.8) is 0 Å². The van der Waals surface area contributed by atoms with Crippen molar-refractivity contribution in [1.29, 1.82) is 0 Å². The van der Waals surface area contributed by atoms with Crippen molar-refractivity contribution >= 4 is 0 Å². The topological polar surface area (TPSA) is 67.9 Å². The maximum absolute atomic E-state index is 5.80. The molecule has 116 valence electrons. The van der Waals surface area contributed by atoms with Crippen molar-refractivity contribution in [2.75, 3.05) is 13.1 Å². The number of likely N-dealkylation sites (tertiary alicyclic amines) is 1. The highest BCUT2D eigenvalue weighted by molar-refractivity contribution is 5.43. The average Bonchev–Trinajstić information content (AvgIpc) is 3.26. The van der Waals surface area contributed by atoms with Gasteiger partial charge >= 0.3 is 0 Å². The third-order valence-electron chi connectivity index (χ3n) is 4.09. The Hall–Kier alpha value is -2.60. The first-order valence-electron chi connectivity index (χ1n) is 7.74. The number of nitrogens with zero attached hydrogens (tertiary/aromatic N) is 5. The minimum absolute atomic E-state index is 0.289. The maximum Gasteiger partial charge on any atom is 0.267 e. The monoisotopic (exact) mass is 307 g/mol. The van der Waals surface area contributed by atoms with Gasteiger partial charge in [0.2, 0.25) is 5.89 Å². The zero-order chi connectivity index (χ0) is 15.5. The van der Waals surface area contributed by atoms with Gasteiger partial charge in [0.1, 0.15) is 5.69 Å². The predicted octanol–water partition coefficient (Wildman–Crippen LogP) is 2.52. The van der Waals surface area contributed by atoms with Crippen molar-refractivity contribution in [1.82, 2.24) is 25.1 Å². The van der Waals surface area contributed by atoms with E-state index in [1.165, 1.54) is 5.56 Å². The minimum atomic E-state index is 0.289. The summed E-state index contributed by atoms with van der Waals surface area (Å²) in [5.74, 6) is 1.42. The van der Waals surface area contributed by atoms with Gasteiger partial charge in [-0.2, -0.15) is 0 Å². The standard InChI is InChI=1S/C17H17N5O/c1-2-4-13(5-3-1)11-22-9-6-14(12-22)16-20-21-17(23-16)15-10-18-7-8-19-15/h1-5,7-8,10,14H,6,9,11-12H2. The van der Waals surface area contributed by atoms with E-state index in [2.05, 4.69) is 49.3 Å². The molecule has 0 spiro atoms. The van der Waals surface area contributed by atoms with Crippen LogP contribution in [0.4, 0.5) is 0 Å². The molecule has 1 aromatic carbocycles. The summed E-state index contributed by atoms with van der Waals surface area (Å²) in [6.45, 7) is 2.95. The molecule has 4 rings (SSSR count). The summed E-state index contributed by atoms with van der Waals surface area (Å²) in [5.41, 5.74) is 1.95. The van der Waals surface area contributed by atoms with Gasteiger partial charge in [0, 0.05) is 25.5 Å². The first-order chi connectivity index (χ1) is 11.4. The summed E-state index contributed by atoms with van der Waals surface area (Å²) in [6.07, 6.45) is 5.91. The molecule has 0 amide bonds. The Kier molecular flexibility index (Phi) is 3.81. The van der Waals surface area contributed by atoms with Crippen molar-refractivity contribution < 1.29 is 4.42 Å². The van der Waals surface area contributed by atoms with Crippen LogP contribution in [0.1, 0.15) is 23.8 Å². The first-order valence-corrected chi connectivity index (χ1v) is 7.74. The number of hydrogen-bond acceptors (Lipinski definition) is 6. The predicted molar refractivity (Wildman–Crippen MR) is 84.4 cm³/mol. The van der Waals surface area contributed by atoms with Gasteiger partial charge in [-0.3, -0.25) is 9.88 Å². The molecule has 1 atom stereocenters. The van der Waals surface area contributed by atoms with Crippen LogP contribution in [0, 0.1) is 0 Å². The normalized spacial score (nSPS) is 18.3. The second-order valence-electron chi connectivity index (χ2n) is 5.74. The van der Waals surface area contributed by atoms with Gasteiger partial charge in [-0.25, -0.2) is 4.98 Å². The summed E-state index contributed by atoms with van der Waals surface area (Å²) < 4.78 is 5.80. The first kappa shape index (κ1) is 14.0. The molecule has 6 heteroatoms. The highest BCUT2D eigenvalue weighted by Crippen LogP contribution is 2.28. The average molecular weight is 307 g/mol. The van der Waals surface area contributed by atoms with Crippen LogP contribution < -0.4 is 0 Å². The molecule has 0 N–H and O–H groups in total. The Labute approximate surface area is 134 Å². The molecule has 0 bridgehead atoms. The lowest BCUT2D eigenvalue weighted by Gasteiger charge is -2.14. The smallest absolute Gasteiger partial charge is 0.267 e. The lowest BCUT2D eigenvalue weighted by atomic mass is 10.1. The molecule has 1 unspecified atom stereocenters. The zero-order valence-corrected chi connectivity index (χ0v) is 12.7. The molecule has 3 heterocycles. The SMILES string of the molecule is c1ccc(CN2CCC(c3nnc(-c4cnccn4)o3)C2)cc1. The number of hydrogen-bond donors (Lipinski definition) is 0. The van der Waals surface area contributed by atoms with Gasteiger partial charge in [0.15, 0.2) is 0 Å². The molecule has 0 radical (unpaired) electrons. The number of benzene rings is 1. The molecule has 6 nitrogen and oxygen atoms in total. The number of aromatic nitrogens is 4. The van der Waals surface area contributed by atoms with Crippen molar-refractivity contribution in [3.05, 3.63) is 60.4 Å². The second-order valence-corrected chi connectivity index (χ2v) is 5.74. The highest BCUT2D eigenvalue weighted by Gasteiger charge is 2.28. The third kappa shape index (κ3) is 3.12. The van der Waals surface area contributed by atoms with Crippen LogP contribution in [0.5, 0.6) is 0 Å². The fraction of sp³-hybridized carbons (Fsp3) is 0.294. The molecule has 0 saturated carbocycles. The van der Waals surface area contributed by atoms with Crippen LogP contribution in [0.3, 0.4) is 0 Å². The van der Waals surface area contributed by atoms with E-state index in [-0.39, 0.29) is 5.92 Å². The van der Waals surface area contributed by atoms with Gasteiger partial charge in [-0.1, -0.05) is 30.3 Å². The van der Waals surface area contributed by atoms with E-state index in [0.717, 1.165) is 26.1 Å². The van der Waals surface area contributed by atoms with E-state index in [1.54, 1.807) is 18.6 Å². The molecule has 1 aliphatic heterocycles. The van der Waals surface area contributed by atoms with Crippen LogP contribution >= 0.6 is 0 Å². The van der Waals surface area contributed by atoms with Crippen molar-refractivity contribution in [2.24, 2.45) is 0 Å². The molecular weight excluding hydrogens is 290 g/mol. The van der Waals surface area contributed by atoms with Crippen LogP contribution in [0.2, 0.25) is 0 Å². The van der Waals surface area contributed by atoms with Crippen molar-refractivity contribution in [2.45, 2.75) is 18.9 Å². The maximum atomic E-state index is 5.80. The molecule has 23 heavy (non-hydrogen) atoms. The fourth-order valence-corrected chi connectivity index (χ4v) is 2.93. The van der Waals surface area contributed by atoms with E-state index in [0.29, 0.717) is 17.5 Å². The highest BCUT2D eigenvalue weighted by atomic mass is 16.4. The molecule has 1 fully saturated rings. The van der Waals surface area contributed by atoms with E-state index in [1.807, 2.05) is 6.07 Å².